The lowest BCUT2D eigenvalue weighted by Gasteiger charge is -2.31. The molecule has 1 saturated heterocycles. The van der Waals surface area contributed by atoms with E-state index < -0.39 is 0 Å². The van der Waals surface area contributed by atoms with Crippen molar-refractivity contribution in [3.63, 3.8) is 0 Å². The SMILES string of the molecule is Cc1nc(-c2ccc3c(c2)CCN3C(=O)CN2CCC(C)CC2)cs1. The van der Waals surface area contributed by atoms with Crippen LogP contribution in [0.5, 0.6) is 0 Å². The molecule has 1 fully saturated rings. The zero-order valence-electron chi connectivity index (χ0n) is 15.0. The van der Waals surface area contributed by atoms with Crippen molar-refractivity contribution >= 4 is 22.9 Å². The highest BCUT2D eigenvalue weighted by atomic mass is 32.1. The molecule has 4 nitrogen and oxygen atoms in total. The molecule has 1 amide bonds. The maximum absolute atomic E-state index is 12.8. The Bertz CT molecular complexity index is 777. The van der Waals surface area contributed by atoms with E-state index in [1.807, 2.05) is 11.8 Å². The highest BCUT2D eigenvalue weighted by molar-refractivity contribution is 7.09. The van der Waals surface area contributed by atoms with Crippen LogP contribution in [0.4, 0.5) is 5.69 Å². The van der Waals surface area contributed by atoms with Crippen molar-refractivity contribution in [1.82, 2.24) is 9.88 Å². The number of amides is 1. The third kappa shape index (κ3) is 3.48. The Balaban J connectivity index is 1.47. The summed E-state index contributed by atoms with van der Waals surface area (Å²) in [5, 5.41) is 3.19. The second-order valence-corrected chi connectivity index (χ2v) is 8.41. The Morgan fingerprint density at radius 2 is 2.08 bits per heavy atom. The average Bonchev–Trinajstić information content (AvgIpc) is 3.22. The number of likely N-dealkylation sites (tertiary alicyclic amines) is 1. The van der Waals surface area contributed by atoms with Gasteiger partial charge in [0.1, 0.15) is 0 Å². The molecule has 2 aromatic rings. The quantitative estimate of drug-likeness (QED) is 0.841. The van der Waals surface area contributed by atoms with Crippen LogP contribution in [0.3, 0.4) is 0 Å². The summed E-state index contributed by atoms with van der Waals surface area (Å²) in [6, 6.07) is 6.41. The maximum Gasteiger partial charge on any atom is 0.241 e. The Morgan fingerprint density at radius 1 is 1.28 bits per heavy atom. The van der Waals surface area contributed by atoms with Crippen LogP contribution in [0.25, 0.3) is 11.3 Å². The van der Waals surface area contributed by atoms with E-state index >= 15 is 0 Å². The molecule has 2 aliphatic heterocycles. The van der Waals surface area contributed by atoms with E-state index in [0.717, 1.165) is 53.9 Å². The van der Waals surface area contributed by atoms with Gasteiger partial charge in [-0.15, -0.1) is 11.3 Å². The Morgan fingerprint density at radius 3 is 2.80 bits per heavy atom. The number of anilines is 1. The van der Waals surface area contributed by atoms with E-state index in [0.29, 0.717) is 6.54 Å². The summed E-state index contributed by atoms with van der Waals surface area (Å²) in [5.74, 6) is 1.04. The fourth-order valence-electron chi connectivity index (χ4n) is 3.81. The number of aromatic nitrogens is 1. The van der Waals surface area contributed by atoms with Crippen LogP contribution in [0, 0.1) is 12.8 Å². The maximum atomic E-state index is 12.8. The average molecular weight is 356 g/mol. The number of aryl methyl sites for hydroxylation is 1. The molecule has 25 heavy (non-hydrogen) atoms. The van der Waals surface area contributed by atoms with Gasteiger partial charge in [-0.1, -0.05) is 13.0 Å². The van der Waals surface area contributed by atoms with E-state index in [1.165, 1.54) is 18.4 Å². The molecular weight excluding hydrogens is 330 g/mol. The molecule has 4 rings (SSSR count). The minimum atomic E-state index is 0.241. The van der Waals surface area contributed by atoms with Gasteiger partial charge in [-0.25, -0.2) is 4.98 Å². The summed E-state index contributed by atoms with van der Waals surface area (Å²) in [4.78, 5) is 21.7. The first-order chi connectivity index (χ1) is 12.1. The van der Waals surface area contributed by atoms with Crippen molar-refractivity contribution in [3.8, 4) is 11.3 Å². The molecule has 5 heteroatoms. The van der Waals surface area contributed by atoms with E-state index in [1.54, 1.807) is 11.3 Å². The zero-order chi connectivity index (χ0) is 17.4. The van der Waals surface area contributed by atoms with Crippen LogP contribution in [-0.2, 0) is 11.2 Å². The second-order valence-electron chi connectivity index (χ2n) is 7.35. The van der Waals surface area contributed by atoms with Gasteiger partial charge in [0.05, 0.1) is 17.2 Å². The van der Waals surface area contributed by atoms with Gasteiger partial charge in [0.2, 0.25) is 5.91 Å². The van der Waals surface area contributed by atoms with E-state index in [2.05, 4.69) is 40.4 Å². The number of hydrogen-bond donors (Lipinski definition) is 0. The van der Waals surface area contributed by atoms with Crippen LogP contribution in [0.2, 0.25) is 0 Å². The van der Waals surface area contributed by atoms with Gasteiger partial charge in [0, 0.05) is 23.2 Å². The number of fused-ring (bicyclic) bond motifs is 1. The summed E-state index contributed by atoms with van der Waals surface area (Å²) in [7, 11) is 0. The van der Waals surface area contributed by atoms with Gasteiger partial charge >= 0.3 is 0 Å². The first kappa shape index (κ1) is 16.7. The predicted molar refractivity (Wildman–Crippen MR) is 103 cm³/mol. The molecule has 0 N–H and O–H groups in total. The van der Waals surface area contributed by atoms with Crippen LogP contribution >= 0.6 is 11.3 Å². The van der Waals surface area contributed by atoms with Crippen molar-refractivity contribution in [3.05, 3.63) is 34.2 Å². The third-order valence-electron chi connectivity index (χ3n) is 5.43. The fourth-order valence-corrected chi connectivity index (χ4v) is 4.44. The van der Waals surface area contributed by atoms with Gasteiger partial charge in [0.25, 0.3) is 0 Å². The van der Waals surface area contributed by atoms with Crippen molar-refractivity contribution < 1.29 is 4.79 Å². The largest absolute Gasteiger partial charge is 0.311 e. The molecule has 2 aliphatic rings. The molecule has 0 radical (unpaired) electrons. The van der Waals surface area contributed by atoms with Crippen LogP contribution in [0.15, 0.2) is 23.6 Å². The van der Waals surface area contributed by atoms with Gasteiger partial charge in [-0.2, -0.15) is 0 Å². The molecular formula is C20H25N3OS. The first-order valence-corrected chi connectivity index (χ1v) is 10.1. The van der Waals surface area contributed by atoms with Gasteiger partial charge in [-0.05, 0) is 62.9 Å². The standard InChI is InChI=1S/C20H25N3OS/c1-14-5-8-22(9-6-14)12-20(24)23-10-7-17-11-16(3-4-19(17)23)18-13-25-15(2)21-18/h3-4,11,13-14H,5-10,12H2,1-2H3. The summed E-state index contributed by atoms with van der Waals surface area (Å²) < 4.78 is 0. The van der Waals surface area contributed by atoms with Crippen molar-refractivity contribution in [2.24, 2.45) is 5.92 Å². The van der Waals surface area contributed by atoms with E-state index in [9.17, 15) is 4.79 Å². The predicted octanol–water partition coefficient (Wildman–Crippen LogP) is 3.74. The van der Waals surface area contributed by atoms with Gasteiger partial charge in [-0.3, -0.25) is 9.69 Å². The smallest absolute Gasteiger partial charge is 0.241 e. The Hall–Kier alpha value is -1.72. The lowest BCUT2D eigenvalue weighted by molar-refractivity contribution is -0.120. The zero-order valence-corrected chi connectivity index (χ0v) is 15.8. The highest BCUT2D eigenvalue weighted by Crippen LogP contribution is 2.33. The van der Waals surface area contributed by atoms with Crippen molar-refractivity contribution in [2.75, 3.05) is 31.1 Å². The molecule has 0 bridgehead atoms. The topological polar surface area (TPSA) is 36.4 Å². The number of hydrogen-bond acceptors (Lipinski definition) is 4. The van der Waals surface area contributed by atoms with Crippen LogP contribution in [0.1, 0.15) is 30.3 Å². The highest BCUT2D eigenvalue weighted by Gasteiger charge is 2.27. The number of piperidine rings is 1. The number of thiazole rings is 1. The molecule has 0 saturated carbocycles. The number of benzene rings is 1. The van der Waals surface area contributed by atoms with E-state index in [-0.39, 0.29) is 5.91 Å². The van der Waals surface area contributed by atoms with Gasteiger partial charge < -0.3 is 4.90 Å². The molecule has 0 spiro atoms. The molecule has 0 unspecified atom stereocenters. The van der Waals surface area contributed by atoms with Crippen molar-refractivity contribution in [2.45, 2.75) is 33.1 Å². The Kier molecular flexibility index (Phi) is 4.61. The molecule has 1 aromatic heterocycles. The summed E-state index contributed by atoms with van der Waals surface area (Å²) in [6.45, 7) is 7.79. The van der Waals surface area contributed by atoms with Crippen LogP contribution < -0.4 is 4.90 Å². The Labute approximate surface area is 153 Å². The minimum Gasteiger partial charge on any atom is -0.311 e. The van der Waals surface area contributed by atoms with E-state index in [4.69, 9.17) is 0 Å². The molecule has 0 aliphatic carbocycles. The summed E-state index contributed by atoms with van der Waals surface area (Å²) in [5.41, 5.74) is 4.55. The first-order valence-electron chi connectivity index (χ1n) is 9.18. The number of carbonyl (C=O) groups excluding carboxylic acids is 1. The fraction of sp³-hybridized carbons (Fsp3) is 0.500. The molecule has 3 heterocycles. The second kappa shape index (κ2) is 6.89. The monoisotopic (exact) mass is 355 g/mol. The lowest BCUT2D eigenvalue weighted by Crippen LogP contribution is -2.42. The third-order valence-corrected chi connectivity index (χ3v) is 6.20. The number of nitrogens with zero attached hydrogens (tertiary/aromatic N) is 3. The summed E-state index contributed by atoms with van der Waals surface area (Å²) >= 11 is 1.68. The molecule has 132 valence electrons. The lowest BCUT2D eigenvalue weighted by atomic mass is 9.99. The molecule has 0 atom stereocenters. The van der Waals surface area contributed by atoms with Crippen molar-refractivity contribution in [1.29, 1.82) is 0 Å². The minimum absolute atomic E-state index is 0.241. The normalized spacial score (nSPS) is 18.6. The molecule has 1 aromatic carbocycles. The van der Waals surface area contributed by atoms with Crippen LogP contribution in [-0.4, -0.2) is 42.0 Å². The number of rotatable bonds is 3. The van der Waals surface area contributed by atoms with Gasteiger partial charge in [0.15, 0.2) is 0 Å². The number of carbonyl (C=O) groups is 1. The summed E-state index contributed by atoms with van der Waals surface area (Å²) in [6.07, 6.45) is 3.36.